The molecule has 0 spiro atoms. The third kappa shape index (κ3) is 5.33. The van der Waals surface area contributed by atoms with Crippen LogP contribution in [-0.2, 0) is 6.42 Å². The van der Waals surface area contributed by atoms with Gasteiger partial charge in [0.1, 0.15) is 5.75 Å². The van der Waals surface area contributed by atoms with E-state index in [0.717, 1.165) is 24.3 Å². The molecule has 0 atom stereocenters. The van der Waals surface area contributed by atoms with Crippen molar-refractivity contribution in [3.8, 4) is 5.75 Å². The first-order valence-corrected chi connectivity index (χ1v) is 7.85. The van der Waals surface area contributed by atoms with Crippen LogP contribution in [0.4, 0.5) is 5.69 Å². The summed E-state index contributed by atoms with van der Waals surface area (Å²) >= 11 is 0. The van der Waals surface area contributed by atoms with E-state index in [1.165, 1.54) is 16.7 Å². The van der Waals surface area contributed by atoms with E-state index in [1.807, 2.05) is 18.2 Å². The molecule has 0 heterocycles. The summed E-state index contributed by atoms with van der Waals surface area (Å²) in [5.41, 5.74) is 10.7. The molecule has 0 bridgehead atoms. The smallest absolute Gasteiger partial charge is 0.193 e. The molecule has 4 nitrogen and oxygen atoms in total. The van der Waals surface area contributed by atoms with Crippen molar-refractivity contribution in [2.75, 3.05) is 19.0 Å². The summed E-state index contributed by atoms with van der Waals surface area (Å²) < 4.78 is 5.15. The van der Waals surface area contributed by atoms with E-state index < -0.39 is 0 Å². The Labute approximate surface area is 138 Å². The van der Waals surface area contributed by atoms with Crippen LogP contribution < -0.4 is 15.8 Å². The summed E-state index contributed by atoms with van der Waals surface area (Å²) in [7, 11) is 1.68. The van der Waals surface area contributed by atoms with Crippen molar-refractivity contribution in [2.45, 2.75) is 26.7 Å². The van der Waals surface area contributed by atoms with Crippen molar-refractivity contribution in [1.82, 2.24) is 0 Å². The Morgan fingerprint density at radius 1 is 1.09 bits per heavy atom. The first-order valence-electron chi connectivity index (χ1n) is 7.85. The van der Waals surface area contributed by atoms with Crippen LogP contribution >= 0.6 is 0 Å². The fraction of sp³-hybridized carbons (Fsp3) is 0.316. The van der Waals surface area contributed by atoms with Gasteiger partial charge in [-0.3, -0.25) is 4.99 Å². The van der Waals surface area contributed by atoms with Gasteiger partial charge in [-0.15, -0.1) is 0 Å². The van der Waals surface area contributed by atoms with E-state index in [4.69, 9.17) is 10.5 Å². The van der Waals surface area contributed by atoms with Gasteiger partial charge in [-0.2, -0.15) is 0 Å². The zero-order chi connectivity index (χ0) is 16.7. The molecule has 0 saturated carbocycles. The van der Waals surface area contributed by atoms with Crippen LogP contribution in [0.15, 0.2) is 47.5 Å². The molecule has 0 radical (unpaired) electrons. The molecule has 0 fully saturated rings. The number of methoxy groups -OCH3 is 1. The summed E-state index contributed by atoms with van der Waals surface area (Å²) in [6.45, 7) is 4.88. The van der Waals surface area contributed by atoms with Gasteiger partial charge in [0.05, 0.1) is 7.11 Å². The lowest BCUT2D eigenvalue weighted by atomic mass is 10.1. The molecule has 0 aliphatic heterocycles. The minimum atomic E-state index is 0.461. The molecule has 0 unspecified atom stereocenters. The molecule has 2 rings (SSSR count). The molecule has 23 heavy (non-hydrogen) atoms. The predicted octanol–water partition coefficient (Wildman–Crippen LogP) is 3.67. The van der Waals surface area contributed by atoms with Gasteiger partial charge < -0.3 is 15.8 Å². The van der Waals surface area contributed by atoms with Gasteiger partial charge in [-0.1, -0.05) is 18.2 Å². The Morgan fingerprint density at radius 2 is 1.83 bits per heavy atom. The number of nitrogens with two attached hydrogens (primary N) is 1. The largest absolute Gasteiger partial charge is 0.497 e. The van der Waals surface area contributed by atoms with Gasteiger partial charge in [-0.25, -0.2) is 0 Å². The number of nitrogens with zero attached hydrogens (tertiary/aromatic N) is 1. The summed E-state index contributed by atoms with van der Waals surface area (Å²) in [5.74, 6) is 1.34. The van der Waals surface area contributed by atoms with Gasteiger partial charge >= 0.3 is 0 Å². The number of benzene rings is 2. The monoisotopic (exact) mass is 311 g/mol. The molecule has 2 aromatic rings. The second-order valence-electron chi connectivity index (χ2n) is 5.64. The Morgan fingerprint density at radius 3 is 2.48 bits per heavy atom. The minimum Gasteiger partial charge on any atom is -0.497 e. The Balaban J connectivity index is 1.78. The lowest BCUT2D eigenvalue weighted by Crippen LogP contribution is -2.23. The van der Waals surface area contributed by atoms with E-state index in [9.17, 15) is 0 Å². The highest BCUT2D eigenvalue weighted by Gasteiger charge is 1.98. The molecule has 0 aliphatic carbocycles. The Hall–Kier alpha value is -2.49. The second-order valence-corrected chi connectivity index (χ2v) is 5.64. The summed E-state index contributed by atoms with van der Waals surface area (Å²) in [6.07, 6.45) is 1.94. The van der Waals surface area contributed by atoms with Crippen molar-refractivity contribution < 1.29 is 4.74 Å². The second kappa shape index (κ2) is 8.22. The first kappa shape index (κ1) is 16.9. The molecular formula is C19H25N3O. The van der Waals surface area contributed by atoms with Crippen LogP contribution in [0.5, 0.6) is 5.75 Å². The Bertz CT molecular complexity index is 663. The average molecular weight is 311 g/mol. The lowest BCUT2D eigenvalue weighted by molar-refractivity contribution is 0.414. The molecule has 122 valence electrons. The zero-order valence-electron chi connectivity index (χ0n) is 14.1. The van der Waals surface area contributed by atoms with E-state index in [0.29, 0.717) is 12.5 Å². The van der Waals surface area contributed by atoms with E-state index in [1.54, 1.807) is 7.11 Å². The lowest BCUT2D eigenvalue weighted by Gasteiger charge is -2.08. The number of ether oxygens (including phenoxy) is 1. The third-order valence-electron chi connectivity index (χ3n) is 3.84. The van der Waals surface area contributed by atoms with Crippen molar-refractivity contribution in [2.24, 2.45) is 10.7 Å². The molecule has 0 aliphatic rings. The van der Waals surface area contributed by atoms with Crippen molar-refractivity contribution in [1.29, 1.82) is 0 Å². The van der Waals surface area contributed by atoms with Crippen LogP contribution in [0.1, 0.15) is 23.1 Å². The standard InChI is InChI=1S/C19H25N3O/c1-14-6-9-17(13-15(14)2)22-19(20)21-12-4-5-16-7-10-18(23-3)11-8-16/h6-11,13H,4-5,12H2,1-3H3,(H3,20,21,22). The van der Waals surface area contributed by atoms with Gasteiger partial charge in [0, 0.05) is 12.2 Å². The molecule has 2 aromatic carbocycles. The fourth-order valence-corrected chi connectivity index (χ4v) is 2.28. The van der Waals surface area contributed by atoms with Gasteiger partial charge in [0.15, 0.2) is 5.96 Å². The molecule has 3 N–H and O–H groups in total. The van der Waals surface area contributed by atoms with Crippen molar-refractivity contribution in [3.63, 3.8) is 0 Å². The van der Waals surface area contributed by atoms with Crippen LogP contribution in [0.3, 0.4) is 0 Å². The van der Waals surface area contributed by atoms with Crippen LogP contribution in [0, 0.1) is 13.8 Å². The van der Waals surface area contributed by atoms with Gasteiger partial charge in [0.25, 0.3) is 0 Å². The molecule has 0 saturated heterocycles. The summed E-state index contributed by atoms with van der Waals surface area (Å²) in [5, 5.41) is 3.13. The predicted molar refractivity (Wildman–Crippen MR) is 97.3 cm³/mol. The third-order valence-corrected chi connectivity index (χ3v) is 3.84. The first-order chi connectivity index (χ1) is 11.1. The highest BCUT2D eigenvalue weighted by molar-refractivity contribution is 5.92. The van der Waals surface area contributed by atoms with Crippen LogP contribution in [0.25, 0.3) is 0 Å². The zero-order valence-corrected chi connectivity index (χ0v) is 14.1. The number of nitrogens with one attached hydrogen (secondary N) is 1. The maximum atomic E-state index is 5.93. The molecular weight excluding hydrogens is 286 g/mol. The summed E-state index contributed by atoms with van der Waals surface area (Å²) in [6, 6.07) is 14.3. The van der Waals surface area contributed by atoms with Crippen LogP contribution in [0.2, 0.25) is 0 Å². The average Bonchev–Trinajstić information content (AvgIpc) is 2.55. The number of anilines is 1. The molecule has 0 amide bonds. The number of aliphatic imine (C=N–C) groups is 1. The normalized spacial score (nSPS) is 11.3. The highest BCUT2D eigenvalue weighted by Crippen LogP contribution is 2.14. The SMILES string of the molecule is COc1ccc(CCCN=C(N)Nc2ccc(C)c(C)c2)cc1. The number of hydrogen-bond donors (Lipinski definition) is 2. The van der Waals surface area contributed by atoms with E-state index >= 15 is 0 Å². The quantitative estimate of drug-likeness (QED) is 0.486. The van der Waals surface area contributed by atoms with E-state index in [-0.39, 0.29) is 0 Å². The maximum Gasteiger partial charge on any atom is 0.193 e. The van der Waals surface area contributed by atoms with E-state index in [2.05, 4.69) is 48.4 Å². The van der Waals surface area contributed by atoms with Gasteiger partial charge in [-0.05, 0) is 67.6 Å². The van der Waals surface area contributed by atoms with Crippen LogP contribution in [-0.4, -0.2) is 19.6 Å². The number of aryl methyl sites for hydroxylation is 3. The van der Waals surface area contributed by atoms with Crippen molar-refractivity contribution in [3.05, 3.63) is 59.2 Å². The number of guanidine groups is 1. The summed E-state index contributed by atoms with van der Waals surface area (Å²) in [4.78, 5) is 4.38. The van der Waals surface area contributed by atoms with Gasteiger partial charge in [0.2, 0.25) is 0 Å². The fourth-order valence-electron chi connectivity index (χ4n) is 2.28. The topological polar surface area (TPSA) is 59.6 Å². The van der Waals surface area contributed by atoms with Crippen molar-refractivity contribution >= 4 is 11.6 Å². The number of rotatable bonds is 6. The molecule has 0 aromatic heterocycles. The molecule has 4 heteroatoms. The maximum absolute atomic E-state index is 5.93. The highest BCUT2D eigenvalue weighted by atomic mass is 16.5. The number of hydrogen-bond acceptors (Lipinski definition) is 2. The Kier molecular flexibility index (Phi) is 6.03. The minimum absolute atomic E-state index is 0.461.